The predicted molar refractivity (Wildman–Crippen MR) is 240 cm³/mol. The van der Waals surface area contributed by atoms with E-state index in [0.717, 1.165) is 5.56 Å². The highest BCUT2D eigenvalue weighted by atomic mass is 16.7. The first kappa shape index (κ1) is 54.6. The van der Waals surface area contributed by atoms with Gasteiger partial charge in [-0.25, -0.2) is 4.79 Å². The molecule has 4 rings (SSSR count). The molecule has 3 heterocycles. The Balaban J connectivity index is 1.75. The zero-order chi connectivity index (χ0) is 48.8. The van der Waals surface area contributed by atoms with E-state index in [9.17, 15) is 29.7 Å². The lowest BCUT2D eigenvalue weighted by Gasteiger charge is -2.50. The molecular weight excluding hydrogens is 845 g/mol. The van der Waals surface area contributed by atoms with Crippen LogP contribution in [0.3, 0.4) is 0 Å². The van der Waals surface area contributed by atoms with Crippen LogP contribution in [0.2, 0.25) is 0 Å². The molecule has 3 aliphatic heterocycles. The van der Waals surface area contributed by atoms with Crippen molar-refractivity contribution in [3.63, 3.8) is 0 Å². The number of ether oxygens (including phenoxy) is 9. The van der Waals surface area contributed by atoms with Crippen molar-refractivity contribution in [3.05, 3.63) is 29.8 Å². The number of Topliss-reactive ketones (excluding diaryl/α,β-unsaturated/α-hetero) is 1. The topological polar surface area (TPSA) is 210 Å². The molecule has 17 heteroatoms. The third-order valence-corrected chi connectivity index (χ3v) is 14.3. The summed E-state index contributed by atoms with van der Waals surface area (Å²) in [6, 6.07) is 6.41. The molecule has 3 saturated heterocycles. The predicted octanol–water partition coefficient (Wildman–Crippen LogP) is 4.78. The maximum absolute atomic E-state index is 14.6. The first-order valence-electron chi connectivity index (χ1n) is 23.2. The zero-order valence-electron chi connectivity index (χ0n) is 41.4. The minimum atomic E-state index is -1.78. The molecule has 1 aromatic carbocycles. The fourth-order valence-corrected chi connectivity index (χ4v) is 10.4. The van der Waals surface area contributed by atoms with E-state index in [1.165, 1.54) is 28.3 Å². The van der Waals surface area contributed by atoms with Gasteiger partial charge in [-0.3, -0.25) is 9.59 Å². The number of hydrogen-bond acceptors (Lipinski definition) is 16. The molecule has 1 amide bonds. The number of rotatable bonds is 13. The molecule has 0 aliphatic carbocycles. The Hall–Kier alpha value is -2.97. The first-order chi connectivity index (χ1) is 30.4. The number of aromatic hydroxyl groups is 1. The number of esters is 1. The second-order valence-electron chi connectivity index (χ2n) is 19.6. The molecule has 0 aromatic heterocycles. The second-order valence-corrected chi connectivity index (χ2v) is 19.6. The number of ketones is 1. The fraction of sp³-hybridized carbons (Fsp3) is 0.812. The first-order valence-corrected chi connectivity index (χ1v) is 23.2. The molecule has 17 nitrogen and oxygen atoms in total. The van der Waals surface area contributed by atoms with Crippen molar-refractivity contribution in [1.29, 1.82) is 0 Å². The monoisotopic (exact) mass is 925 g/mol. The molecule has 0 unspecified atom stereocenters. The van der Waals surface area contributed by atoms with Crippen molar-refractivity contribution in [3.8, 4) is 5.75 Å². The number of nitrogens with zero attached hydrogens (tertiary/aromatic N) is 1. The maximum atomic E-state index is 14.6. The highest BCUT2D eigenvalue weighted by Gasteiger charge is 2.55. The van der Waals surface area contributed by atoms with Crippen LogP contribution < -0.4 is 5.32 Å². The van der Waals surface area contributed by atoms with Crippen LogP contribution in [0.1, 0.15) is 100 Å². The molecule has 0 radical (unpaired) electrons. The molecule has 65 heavy (non-hydrogen) atoms. The average Bonchev–Trinajstić information content (AvgIpc) is 3.25. The van der Waals surface area contributed by atoms with Gasteiger partial charge in [-0.2, -0.15) is 0 Å². The number of cyclic esters (lactones) is 1. The minimum Gasteiger partial charge on any atom is -0.508 e. The van der Waals surface area contributed by atoms with Crippen molar-refractivity contribution in [2.24, 2.45) is 23.7 Å². The molecule has 0 spiro atoms. The largest absolute Gasteiger partial charge is 0.508 e. The van der Waals surface area contributed by atoms with Crippen LogP contribution >= 0.6 is 0 Å². The van der Waals surface area contributed by atoms with E-state index in [1.807, 2.05) is 39.8 Å². The van der Waals surface area contributed by atoms with E-state index in [4.69, 9.17) is 42.6 Å². The van der Waals surface area contributed by atoms with Gasteiger partial charge in [-0.15, -0.1) is 0 Å². The number of alkyl carbamates (subject to hydrolysis) is 1. The SMILES string of the molecule is CC[C@H]1OC(=O)[C@H](C)[C@@H](O[C@H]2C[C@@](C)(OC)[C@@H](OC(=O)NCCc3ccc(O)cc3)[C@H](C)O2)[C@H](C)[C@@H](O[C@@H]2O[C@H](C)C[C@H](N(C)C)[C@H]2O)[C@](C)(OC)C[C@@H](C)C(=O)[C@H](C)[C@@H](OC)[C@]1(C)O. The number of nitrogens with one attached hydrogen (secondary N) is 1. The summed E-state index contributed by atoms with van der Waals surface area (Å²) in [6.45, 7) is 17.9. The minimum absolute atomic E-state index is 0.0646. The van der Waals surface area contributed by atoms with E-state index in [-0.39, 0.29) is 49.5 Å². The summed E-state index contributed by atoms with van der Waals surface area (Å²) in [4.78, 5) is 44.1. The fourth-order valence-electron chi connectivity index (χ4n) is 10.4. The van der Waals surface area contributed by atoms with Crippen LogP contribution in [0.4, 0.5) is 4.79 Å². The van der Waals surface area contributed by atoms with E-state index < -0.39 is 108 Å². The number of benzene rings is 1. The summed E-state index contributed by atoms with van der Waals surface area (Å²) in [5.41, 5.74) is -3.26. The maximum Gasteiger partial charge on any atom is 0.407 e. The van der Waals surface area contributed by atoms with E-state index in [1.54, 1.807) is 65.8 Å². The van der Waals surface area contributed by atoms with Crippen LogP contribution in [0, 0.1) is 23.7 Å². The van der Waals surface area contributed by atoms with Crippen LogP contribution in [0.15, 0.2) is 24.3 Å². The van der Waals surface area contributed by atoms with Crippen molar-refractivity contribution < 1.29 is 72.3 Å². The Morgan fingerprint density at radius 3 is 2.06 bits per heavy atom. The number of methoxy groups -OCH3 is 3. The quantitative estimate of drug-likeness (QED) is 0.196. The number of aliphatic hydroxyl groups excluding tert-OH is 1. The average molecular weight is 925 g/mol. The number of phenolic OH excluding ortho intramolecular Hbond substituents is 1. The van der Waals surface area contributed by atoms with Gasteiger partial charge in [-0.1, -0.05) is 39.8 Å². The Labute approximate surface area is 386 Å². The highest BCUT2D eigenvalue weighted by Crippen LogP contribution is 2.42. The highest BCUT2D eigenvalue weighted by molar-refractivity contribution is 5.83. The molecule has 3 aliphatic rings. The van der Waals surface area contributed by atoms with Crippen LogP contribution in [0.5, 0.6) is 5.75 Å². The number of amides is 1. The summed E-state index contributed by atoms with van der Waals surface area (Å²) in [6.07, 6.45) is -8.54. The number of carbonyl (C=O) groups excluding carboxylic acids is 3. The molecule has 372 valence electrons. The summed E-state index contributed by atoms with van der Waals surface area (Å²) < 4.78 is 57.1. The normalized spacial score (nSPS) is 41.4. The van der Waals surface area contributed by atoms with Crippen molar-refractivity contribution in [1.82, 2.24) is 10.2 Å². The number of aliphatic hydroxyl groups is 2. The Morgan fingerprint density at radius 2 is 1.49 bits per heavy atom. The van der Waals surface area contributed by atoms with Crippen LogP contribution in [0.25, 0.3) is 0 Å². The molecular formula is C48H80N2O15. The lowest BCUT2D eigenvalue weighted by Crippen LogP contribution is -2.62. The van der Waals surface area contributed by atoms with Gasteiger partial charge in [0.2, 0.25) is 0 Å². The lowest BCUT2D eigenvalue weighted by atomic mass is 9.73. The smallest absolute Gasteiger partial charge is 0.407 e. The van der Waals surface area contributed by atoms with Gasteiger partial charge in [0, 0.05) is 58.1 Å². The summed E-state index contributed by atoms with van der Waals surface area (Å²) in [5.74, 6) is -4.00. The third-order valence-electron chi connectivity index (χ3n) is 14.3. The number of hydrogen-bond donors (Lipinski definition) is 4. The zero-order valence-corrected chi connectivity index (χ0v) is 41.4. The van der Waals surface area contributed by atoms with Gasteiger partial charge >= 0.3 is 12.1 Å². The van der Waals surface area contributed by atoms with Gasteiger partial charge in [0.1, 0.15) is 34.9 Å². The molecule has 18 atom stereocenters. The standard InChI is InChI=1S/C48H80N2O15/c1-16-35-48(10,56)41(57-13)28(4)37(52)26(2)24-46(8,58-14)40(64-44-38(53)34(50(11)12)23-27(3)60-44)29(5)39(30(6)43(54)62-35)63-36-25-47(9,59-15)42(31(7)61-36)65-45(55)49-22-21-32-17-19-33(51)20-18-32/h17-20,26-31,34-36,38-42,44,51,53,56H,16,21-25H2,1-15H3,(H,49,55)/t26-,27-,28+,29+,30-,31+,34+,35-,36+,38-,39+,40-,41-,42+,44+,46-,47-,48-/m1/s1. The van der Waals surface area contributed by atoms with Crippen molar-refractivity contribution in [2.75, 3.05) is 42.0 Å². The van der Waals surface area contributed by atoms with Crippen molar-refractivity contribution in [2.45, 2.75) is 186 Å². The molecule has 1 aromatic rings. The molecule has 4 N–H and O–H groups in total. The molecule has 0 saturated carbocycles. The lowest BCUT2D eigenvalue weighted by molar-refractivity contribution is -0.319. The van der Waals surface area contributed by atoms with Gasteiger partial charge < -0.3 is 68.2 Å². The van der Waals surface area contributed by atoms with E-state index >= 15 is 0 Å². The Kier molecular flexibility index (Phi) is 19.2. The van der Waals surface area contributed by atoms with Gasteiger partial charge in [-0.05, 0) is 99.0 Å². The number of carbonyl (C=O) groups is 3. The Bertz CT molecular complexity index is 1700. The van der Waals surface area contributed by atoms with Crippen LogP contribution in [-0.4, -0.2) is 164 Å². The third kappa shape index (κ3) is 12.8. The number of likely N-dealkylation sites (N-methyl/N-ethyl adjacent to an activating group) is 1. The van der Waals surface area contributed by atoms with Gasteiger partial charge in [0.15, 0.2) is 18.7 Å². The Morgan fingerprint density at radius 1 is 0.877 bits per heavy atom. The molecule has 3 fully saturated rings. The second kappa shape index (κ2) is 22.9. The van der Waals surface area contributed by atoms with Gasteiger partial charge in [0.25, 0.3) is 0 Å². The summed E-state index contributed by atoms with van der Waals surface area (Å²) >= 11 is 0. The van der Waals surface area contributed by atoms with Crippen molar-refractivity contribution >= 4 is 17.8 Å². The molecule has 0 bridgehead atoms. The summed E-state index contributed by atoms with van der Waals surface area (Å²) in [5, 5.41) is 36.3. The summed E-state index contributed by atoms with van der Waals surface area (Å²) in [7, 11) is 8.22. The van der Waals surface area contributed by atoms with E-state index in [0.29, 0.717) is 12.8 Å². The van der Waals surface area contributed by atoms with Gasteiger partial charge in [0.05, 0.1) is 42.0 Å². The van der Waals surface area contributed by atoms with Crippen LogP contribution in [-0.2, 0) is 58.6 Å². The van der Waals surface area contributed by atoms with E-state index in [2.05, 4.69) is 5.32 Å². The number of phenols is 1.